The lowest BCUT2D eigenvalue weighted by Gasteiger charge is -2.05. The third-order valence-electron chi connectivity index (χ3n) is 1.84. The van der Waals surface area contributed by atoms with Gasteiger partial charge in [-0.1, -0.05) is 18.5 Å². The molecule has 0 amide bonds. The third-order valence-corrected chi connectivity index (χ3v) is 3.26. The van der Waals surface area contributed by atoms with Gasteiger partial charge in [-0.15, -0.1) is 0 Å². The van der Waals surface area contributed by atoms with E-state index in [9.17, 15) is 9.90 Å². The molecule has 0 atom stereocenters. The van der Waals surface area contributed by atoms with Crippen LogP contribution in [-0.2, 0) is 0 Å². The molecular weight excluding hydrogens is 267 g/mol. The number of carbonyl (C=O) groups is 1. The highest BCUT2D eigenvalue weighted by Gasteiger charge is 2.14. The van der Waals surface area contributed by atoms with Crippen LogP contribution in [0.4, 0.5) is 0 Å². The quantitative estimate of drug-likeness (QED) is 0.854. The van der Waals surface area contributed by atoms with Crippen LogP contribution in [0.25, 0.3) is 0 Å². The first-order valence-electron chi connectivity index (χ1n) is 4.28. The Morgan fingerprint density at radius 2 is 2.21 bits per heavy atom. The highest BCUT2D eigenvalue weighted by molar-refractivity contribution is 9.10. The number of carbonyl (C=O) groups excluding carboxylic acids is 1. The van der Waals surface area contributed by atoms with E-state index in [-0.39, 0.29) is 16.6 Å². The van der Waals surface area contributed by atoms with Crippen molar-refractivity contribution in [1.29, 1.82) is 0 Å². The minimum atomic E-state index is -0.00167. The summed E-state index contributed by atoms with van der Waals surface area (Å²) in [6, 6.07) is 3.00. The fourth-order valence-corrected chi connectivity index (χ4v) is 1.73. The van der Waals surface area contributed by atoms with E-state index >= 15 is 0 Å². The van der Waals surface area contributed by atoms with Crippen molar-refractivity contribution in [2.45, 2.75) is 19.8 Å². The van der Waals surface area contributed by atoms with Gasteiger partial charge in [0.25, 0.3) is 0 Å². The van der Waals surface area contributed by atoms with Crippen molar-refractivity contribution in [1.82, 2.24) is 0 Å². The van der Waals surface area contributed by atoms with Crippen LogP contribution in [0.5, 0.6) is 5.75 Å². The number of phenolic OH excluding ortho intramolecular Hbond substituents is 1. The summed E-state index contributed by atoms with van der Waals surface area (Å²) in [4.78, 5) is 11.5. The molecule has 2 nitrogen and oxygen atoms in total. The standard InChI is InChI=1S/C10H10BrClO2/c1-2-3-7(13)6-4-5-8(14)9(11)10(6)12/h4-5,14H,2-3H2,1H3. The summed E-state index contributed by atoms with van der Waals surface area (Å²) in [7, 11) is 0. The van der Waals surface area contributed by atoms with Crippen molar-refractivity contribution in [3.05, 3.63) is 27.2 Å². The Bertz CT molecular complexity index is 363. The van der Waals surface area contributed by atoms with E-state index in [0.717, 1.165) is 6.42 Å². The molecule has 4 heteroatoms. The molecule has 0 aromatic heterocycles. The molecule has 0 fully saturated rings. The monoisotopic (exact) mass is 276 g/mol. The van der Waals surface area contributed by atoms with Crippen LogP contribution < -0.4 is 0 Å². The molecule has 0 radical (unpaired) electrons. The number of phenols is 1. The zero-order valence-corrected chi connectivity index (χ0v) is 10.0. The molecule has 0 spiro atoms. The summed E-state index contributed by atoms with van der Waals surface area (Å²) in [5.41, 5.74) is 0.457. The smallest absolute Gasteiger partial charge is 0.164 e. The van der Waals surface area contributed by atoms with E-state index in [1.54, 1.807) is 6.07 Å². The Labute approximate surface area is 96.0 Å². The molecule has 0 unspecified atom stereocenters. The third kappa shape index (κ3) is 2.28. The second kappa shape index (κ2) is 4.80. The van der Waals surface area contributed by atoms with Crippen molar-refractivity contribution in [2.75, 3.05) is 0 Å². The second-order valence-corrected chi connectivity index (χ2v) is 4.10. The van der Waals surface area contributed by atoms with Gasteiger partial charge in [-0.2, -0.15) is 0 Å². The van der Waals surface area contributed by atoms with Gasteiger partial charge in [0.05, 0.1) is 9.50 Å². The predicted octanol–water partition coefficient (Wildman–Crippen LogP) is 3.79. The van der Waals surface area contributed by atoms with Gasteiger partial charge in [-0.3, -0.25) is 4.79 Å². The van der Waals surface area contributed by atoms with Crippen molar-refractivity contribution in [3.63, 3.8) is 0 Å². The molecule has 1 rings (SSSR count). The minimum absolute atomic E-state index is 0.00167. The highest BCUT2D eigenvalue weighted by atomic mass is 79.9. The lowest BCUT2D eigenvalue weighted by Crippen LogP contribution is -1.99. The Hall–Kier alpha value is -0.540. The van der Waals surface area contributed by atoms with Crippen molar-refractivity contribution < 1.29 is 9.90 Å². The van der Waals surface area contributed by atoms with Crippen LogP contribution in [0.1, 0.15) is 30.1 Å². The maximum absolute atomic E-state index is 11.5. The molecule has 0 aliphatic carbocycles. The molecule has 1 N–H and O–H groups in total. The summed E-state index contributed by atoms with van der Waals surface area (Å²) in [5, 5.41) is 9.57. The zero-order chi connectivity index (χ0) is 10.7. The molecule has 0 saturated carbocycles. The highest BCUT2D eigenvalue weighted by Crippen LogP contribution is 2.34. The fraction of sp³-hybridized carbons (Fsp3) is 0.300. The molecule has 0 aliphatic rings. The Morgan fingerprint density at radius 3 is 2.79 bits per heavy atom. The Morgan fingerprint density at radius 1 is 1.57 bits per heavy atom. The first kappa shape index (κ1) is 11.5. The van der Waals surface area contributed by atoms with Gasteiger partial charge in [0.1, 0.15) is 5.75 Å². The number of hydrogen-bond donors (Lipinski definition) is 1. The van der Waals surface area contributed by atoms with Crippen molar-refractivity contribution >= 4 is 33.3 Å². The van der Waals surface area contributed by atoms with E-state index in [1.807, 2.05) is 6.92 Å². The largest absolute Gasteiger partial charge is 0.507 e. The van der Waals surface area contributed by atoms with Gasteiger partial charge in [0.2, 0.25) is 0 Å². The molecule has 0 bridgehead atoms. The number of hydrogen-bond acceptors (Lipinski definition) is 2. The van der Waals surface area contributed by atoms with Gasteiger partial charge in [-0.05, 0) is 34.5 Å². The van der Waals surface area contributed by atoms with Gasteiger partial charge in [0.15, 0.2) is 5.78 Å². The second-order valence-electron chi connectivity index (χ2n) is 2.93. The predicted molar refractivity (Wildman–Crippen MR) is 60.1 cm³/mol. The van der Waals surface area contributed by atoms with E-state index in [1.165, 1.54) is 6.07 Å². The van der Waals surface area contributed by atoms with E-state index in [4.69, 9.17) is 11.6 Å². The van der Waals surface area contributed by atoms with Crippen LogP contribution in [0.15, 0.2) is 16.6 Å². The number of aromatic hydroxyl groups is 1. The van der Waals surface area contributed by atoms with Crippen LogP contribution in [0, 0.1) is 0 Å². The molecule has 14 heavy (non-hydrogen) atoms. The Kier molecular flexibility index (Phi) is 3.96. The number of rotatable bonds is 3. The van der Waals surface area contributed by atoms with E-state index < -0.39 is 0 Å². The summed E-state index contributed by atoms with van der Waals surface area (Å²) < 4.78 is 0.376. The minimum Gasteiger partial charge on any atom is -0.507 e. The molecule has 0 saturated heterocycles. The summed E-state index contributed by atoms with van der Waals surface area (Å²) in [5.74, 6) is 0.0428. The molecule has 1 aromatic carbocycles. The lowest BCUT2D eigenvalue weighted by molar-refractivity contribution is 0.0982. The van der Waals surface area contributed by atoms with Crippen LogP contribution in [-0.4, -0.2) is 10.9 Å². The average Bonchev–Trinajstić information content (AvgIpc) is 2.15. The fourth-order valence-electron chi connectivity index (χ4n) is 1.12. The SMILES string of the molecule is CCCC(=O)c1ccc(O)c(Br)c1Cl. The van der Waals surface area contributed by atoms with E-state index in [2.05, 4.69) is 15.9 Å². The molecule has 1 aromatic rings. The van der Waals surface area contributed by atoms with Crippen LogP contribution in [0.3, 0.4) is 0 Å². The van der Waals surface area contributed by atoms with Crippen LogP contribution in [0.2, 0.25) is 5.02 Å². The van der Waals surface area contributed by atoms with Crippen molar-refractivity contribution in [3.8, 4) is 5.75 Å². The summed E-state index contributed by atoms with van der Waals surface area (Å²) >= 11 is 9.02. The maximum Gasteiger partial charge on any atom is 0.164 e. The van der Waals surface area contributed by atoms with Crippen LogP contribution >= 0.6 is 27.5 Å². The Balaban J connectivity index is 3.11. The molecular formula is C10H10BrClO2. The number of ketones is 1. The zero-order valence-electron chi connectivity index (χ0n) is 7.68. The van der Waals surface area contributed by atoms with Gasteiger partial charge in [-0.25, -0.2) is 0 Å². The number of benzene rings is 1. The first-order chi connectivity index (χ1) is 6.57. The lowest BCUT2D eigenvalue weighted by atomic mass is 10.1. The normalized spacial score (nSPS) is 10.2. The maximum atomic E-state index is 11.5. The molecule has 76 valence electrons. The molecule has 0 heterocycles. The number of Topliss-reactive ketones (excluding diaryl/α,β-unsaturated/α-hetero) is 1. The molecule has 0 aliphatic heterocycles. The summed E-state index contributed by atoms with van der Waals surface area (Å²) in [6.45, 7) is 1.93. The van der Waals surface area contributed by atoms with Gasteiger partial charge in [0, 0.05) is 12.0 Å². The summed E-state index contributed by atoms with van der Waals surface area (Å²) in [6.07, 6.45) is 1.25. The van der Waals surface area contributed by atoms with Gasteiger partial charge >= 0.3 is 0 Å². The number of halogens is 2. The first-order valence-corrected chi connectivity index (χ1v) is 5.45. The van der Waals surface area contributed by atoms with Crippen molar-refractivity contribution in [2.24, 2.45) is 0 Å². The van der Waals surface area contributed by atoms with Gasteiger partial charge < -0.3 is 5.11 Å². The average molecular weight is 278 g/mol. The topological polar surface area (TPSA) is 37.3 Å². The van der Waals surface area contributed by atoms with E-state index in [0.29, 0.717) is 16.5 Å².